The highest BCUT2D eigenvalue weighted by molar-refractivity contribution is 5.79. The maximum Gasteiger partial charge on any atom is 0.117 e. The van der Waals surface area contributed by atoms with Crippen molar-refractivity contribution in [1.82, 2.24) is 0 Å². The minimum absolute atomic E-state index is 0.360. The molecule has 0 heterocycles. The Bertz CT molecular complexity index is 553. The van der Waals surface area contributed by atoms with Crippen molar-refractivity contribution in [2.45, 2.75) is 12.5 Å². The normalized spacial score (nSPS) is 14.9. The Balaban J connectivity index is 2.23. The Morgan fingerprint density at radius 1 is 1.00 bits per heavy atom. The quantitative estimate of drug-likeness (QED) is 0.728. The summed E-state index contributed by atoms with van der Waals surface area (Å²) in [6.45, 7) is 6.43. The van der Waals surface area contributed by atoms with Gasteiger partial charge >= 0.3 is 0 Å². The summed E-state index contributed by atoms with van der Waals surface area (Å²) < 4.78 is 6.07. The number of rotatable bonds is 3. The minimum Gasteiger partial charge on any atom is -0.362 e. The third-order valence-corrected chi connectivity index (χ3v) is 3.66. The number of hydrogen-bond donors (Lipinski definition) is 0. The molecule has 1 heteroatoms. The number of fused-ring (bicyclic) bond motifs is 3. The summed E-state index contributed by atoms with van der Waals surface area (Å²) in [6, 6.07) is 16.9. The molecule has 0 spiro atoms. The topological polar surface area (TPSA) is 9.23 Å². The smallest absolute Gasteiger partial charge is 0.117 e. The monoisotopic (exact) mass is 236 g/mol. The van der Waals surface area contributed by atoms with E-state index in [2.05, 4.69) is 62.0 Å². The van der Waals surface area contributed by atoms with Crippen molar-refractivity contribution < 1.29 is 4.74 Å². The first-order valence-corrected chi connectivity index (χ1v) is 6.21. The van der Waals surface area contributed by atoms with E-state index in [9.17, 15) is 0 Å². The van der Waals surface area contributed by atoms with E-state index in [1.807, 2.05) is 0 Å². The summed E-state index contributed by atoms with van der Waals surface area (Å²) in [5.41, 5.74) is 4.68. The predicted molar refractivity (Wildman–Crippen MR) is 74.5 cm³/mol. The molecule has 0 saturated carbocycles. The van der Waals surface area contributed by atoms with E-state index >= 15 is 0 Å². The van der Waals surface area contributed by atoms with Crippen LogP contribution < -0.4 is 0 Å². The predicted octanol–water partition coefficient (Wildman–Crippen LogP) is 4.13. The fourth-order valence-electron chi connectivity index (χ4n) is 2.79. The molecule has 90 valence electrons. The Labute approximate surface area is 108 Å². The van der Waals surface area contributed by atoms with Crippen molar-refractivity contribution >= 4 is 0 Å². The van der Waals surface area contributed by atoms with Crippen LogP contribution in [0, 0.1) is 0 Å². The second-order valence-corrected chi connectivity index (χ2v) is 4.72. The number of ether oxygens (including phenoxy) is 1. The fourth-order valence-corrected chi connectivity index (χ4v) is 2.79. The van der Waals surface area contributed by atoms with Crippen molar-refractivity contribution in [3.8, 4) is 11.1 Å². The average molecular weight is 236 g/mol. The van der Waals surface area contributed by atoms with Crippen LogP contribution in [0.4, 0.5) is 0 Å². The highest BCUT2D eigenvalue weighted by Gasteiger charge is 2.39. The molecule has 1 aliphatic carbocycles. The van der Waals surface area contributed by atoms with Crippen LogP contribution in [0.1, 0.15) is 18.1 Å². The van der Waals surface area contributed by atoms with Gasteiger partial charge in [-0.1, -0.05) is 54.6 Å². The lowest BCUT2D eigenvalue weighted by atomic mass is 9.93. The highest BCUT2D eigenvalue weighted by Crippen LogP contribution is 2.49. The largest absolute Gasteiger partial charge is 0.362 e. The summed E-state index contributed by atoms with van der Waals surface area (Å²) in [5.74, 6) is 0. The van der Waals surface area contributed by atoms with Gasteiger partial charge in [-0.2, -0.15) is 0 Å². The van der Waals surface area contributed by atoms with Crippen LogP contribution in [0.15, 0.2) is 61.2 Å². The van der Waals surface area contributed by atoms with Crippen LogP contribution >= 0.6 is 0 Å². The van der Waals surface area contributed by atoms with Crippen molar-refractivity contribution in [1.29, 1.82) is 0 Å². The highest BCUT2D eigenvalue weighted by atomic mass is 16.5. The average Bonchev–Trinajstić information content (AvgIpc) is 2.69. The molecule has 1 aliphatic rings. The zero-order chi connectivity index (χ0) is 12.6. The molecular formula is C17H16O. The minimum atomic E-state index is -0.360. The molecule has 2 aromatic carbocycles. The van der Waals surface area contributed by atoms with Gasteiger partial charge in [0.25, 0.3) is 0 Å². The Hall–Kier alpha value is -1.86. The second kappa shape index (κ2) is 4.11. The molecule has 2 aromatic rings. The molecule has 0 fully saturated rings. The van der Waals surface area contributed by atoms with Crippen LogP contribution in [0.2, 0.25) is 0 Å². The summed E-state index contributed by atoms with van der Waals surface area (Å²) >= 11 is 0. The van der Waals surface area contributed by atoms with Crippen molar-refractivity contribution in [2.24, 2.45) is 0 Å². The molecule has 0 N–H and O–H groups in total. The molecule has 0 saturated heterocycles. The van der Waals surface area contributed by atoms with E-state index in [1.54, 1.807) is 6.08 Å². The van der Waals surface area contributed by atoms with Gasteiger partial charge in [0.2, 0.25) is 0 Å². The van der Waals surface area contributed by atoms with Gasteiger partial charge in [0.05, 0.1) is 6.61 Å². The Kier molecular flexibility index (Phi) is 2.57. The molecule has 18 heavy (non-hydrogen) atoms. The first-order chi connectivity index (χ1) is 8.77. The zero-order valence-corrected chi connectivity index (χ0v) is 10.5. The lowest BCUT2D eigenvalue weighted by Gasteiger charge is -2.27. The lowest BCUT2D eigenvalue weighted by molar-refractivity contribution is 0.0176. The van der Waals surface area contributed by atoms with Gasteiger partial charge in [0.15, 0.2) is 0 Å². The maximum absolute atomic E-state index is 6.07. The Morgan fingerprint density at radius 2 is 1.50 bits per heavy atom. The molecule has 0 amide bonds. The third kappa shape index (κ3) is 1.44. The molecule has 0 radical (unpaired) electrons. The Morgan fingerprint density at radius 3 is 2.00 bits per heavy atom. The van der Waals surface area contributed by atoms with Gasteiger partial charge < -0.3 is 4.74 Å². The van der Waals surface area contributed by atoms with E-state index in [0.29, 0.717) is 6.61 Å². The van der Waals surface area contributed by atoms with Crippen molar-refractivity contribution in [3.05, 3.63) is 72.3 Å². The van der Waals surface area contributed by atoms with E-state index in [-0.39, 0.29) is 5.60 Å². The molecule has 3 rings (SSSR count). The van der Waals surface area contributed by atoms with E-state index < -0.39 is 0 Å². The molecule has 0 bridgehead atoms. The molecular weight excluding hydrogens is 220 g/mol. The molecule has 1 nitrogen and oxygen atoms in total. The maximum atomic E-state index is 6.07. The van der Waals surface area contributed by atoms with Gasteiger partial charge in [-0.15, -0.1) is 6.58 Å². The zero-order valence-electron chi connectivity index (χ0n) is 10.5. The van der Waals surface area contributed by atoms with E-state index in [1.165, 1.54) is 22.3 Å². The molecule has 0 unspecified atom stereocenters. The molecule has 0 atom stereocenters. The van der Waals surface area contributed by atoms with Gasteiger partial charge in [-0.3, -0.25) is 0 Å². The second-order valence-electron chi connectivity index (χ2n) is 4.72. The summed E-state index contributed by atoms with van der Waals surface area (Å²) in [6.07, 6.45) is 1.80. The van der Waals surface area contributed by atoms with Crippen LogP contribution in [-0.4, -0.2) is 6.61 Å². The van der Waals surface area contributed by atoms with Crippen LogP contribution in [-0.2, 0) is 10.3 Å². The van der Waals surface area contributed by atoms with Crippen molar-refractivity contribution in [2.75, 3.05) is 6.61 Å². The first-order valence-electron chi connectivity index (χ1n) is 6.21. The van der Waals surface area contributed by atoms with Crippen LogP contribution in [0.5, 0.6) is 0 Å². The third-order valence-electron chi connectivity index (χ3n) is 3.66. The molecule has 0 aliphatic heterocycles. The van der Waals surface area contributed by atoms with Crippen molar-refractivity contribution in [3.63, 3.8) is 0 Å². The standard InChI is InChI=1S/C17H16O/c1-3-12-18-17(2)15-10-6-4-8-13(15)14-9-5-7-11-16(14)17/h3-11H,1,12H2,2H3. The SMILES string of the molecule is C=CCOC1(C)c2ccccc2-c2ccccc21. The van der Waals surface area contributed by atoms with Crippen LogP contribution in [0.3, 0.4) is 0 Å². The van der Waals surface area contributed by atoms with Gasteiger partial charge in [-0.05, 0) is 29.2 Å². The van der Waals surface area contributed by atoms with Gasteiger partial charge in [0, 0.05) is 0 Å². The molecule has 0 aromatic heterocycles. The first kappa shape index (κ1) is 11.2. The van der Waals surface area contributed by atoms with E-state index in [4.69, 9.17) is 4.74 Å². The summed E-state index contributed by atoms with van der Waals surface area (Å²) in [4.78, 5) is 0. The lowest BCUT2D eigenvalue weighted by Crippen LogP contribution is -2.24. The van der Waals surface area contributed by atoms with Gasteiger partial charge in [-0.25, -0.2) is 0 Å². The van der Waals surface area contributed by atoms with Crippen LogP contribution in [0.25, 0.3) is 11.1 Å². The number of hydrogen-bond acceptors (Lipinski definition) is 1. The fraction of sp³-hybridized carbons (Fsp3) is 0.176. The number of benzene rings is 2. The summed E-state index contributed by atoms with van der Waals surface area (Å²) in [7, 11) is 0. The summed E-state index contributed by atoms with van der Waals surface area (Å²) in [5, 5.41) is 0. The van der Waals surface area contributed by atoms with Gasteiger partial charge in [0.1, 0.15) is 5.60 Å². The van der Waals surface area contributed by atoms with E-state index in [0.717, 1.165) is 0 Å².